The molecule has 0 aliphatic carbocycles. The molecule has 2 aromatic heterocycles. The summed E-state index contributed by atoms with van der Waals surface area (Å²) in [7, 11) is -3.36. The van der Waals surface area contributed by atoms with Crippen molar-refractivity contribution in [3.8, 4) is 0 Å². The van der Waals surface area contributed by atoms with Gasteiger partial charge in [-0.2, -0.15) is 0 Å². The smallest absolute Gasteiger partial charge is 0.254 e. The third kappa shape index (κ3) is 5.48. The van der Waals surface area contributed by atoms with Gasteiger partial charge in [0.25, 0.3) is 5.91 Å². The van der Waals surface area contributed by atoms with Gasteiger partial charge in [0.2, 0.25) is 0 Å². The first kappa shape index (κ1) is 22.0. The van der Waals surface area contributed by atoms with Crippen molar-refractivity contribution >= 4 is 27.5 Å². The molecule has 0 saturated carbocycles. The van der Waals surface area contributed by atoms with Crippen LogP contribution in [0.5, 0.6) is 0 Å². The molecule has 3 rings (SSSR count). The summed E-state index contributed by atoms with van der Waals surface area (Å²) in [6.07, 6.45) is 1.96. The van der Waals surface area contributed by atoms with E-state index in [4.69, 9.17) is 4.52 Å². The van der Waals surface area contributed by atoms with Crippen LogP contribution in [0.3, 0.4) is 0 Å². The Morgan fingerprint density at radius 1 is 1.13 bits per heavy atom. The first-order chi connectivity index (χ1) is 14.4. The van der Waals surface area contributed by atoms with Crippen molar-refractivity contribution in [3.63, 3.8) is 0 Å². The van der Waals surface area contributed by atoms with Crippen molar-refractivity contribution < 1.29 is 17.7 Å². The van der Waals surface area contributed by atoms with E-state index in [1.165, 1.54) is 11.8 Å². The molecule has 0 aliphatic rings. The van der Waals surface area contributed by atoms with E-state index in [-0.39, 0.29) is 18.2 Å². The van der Waals surface area contributed by atoms with Crippen LogP contribution in [0.15, 0.2) is 63.1 Å². The fourth-order valence-corrected chi connectivity index (χ4v) is 5.31. The quantitative estimate of drug-likeness (QED) is 0.397. The molecular weight excluding hydrogens is 422 g/mol. The normalized spacial score (nSPS) is 11.4. The maximum Gasteiger partial charge on any atom is 0.254 e. The third-order valence-corrected chi connectivity index (χ3v) is 7.38. The molecule has 1 aromatic carbocycles. The van der Waals surface area contributed by atoms with Gasteiger partial charge in [-0.25, -0.2) is 13.4 Å². The van der Waals surface area contributed by atoms with Gasteiger partial charge in [-0.3, -0.25) is 4.79 Å². The van der Waals surface area contributed by atoms with Crippen molar-refractivity contribution in [1.82, 2.24) is 15.5 Å². The van der Waals surface area contributed by atoms with Crippen molar-refractivity contribution in [2.24, 2.45) is 0 Å². The lowest BCUT2D eigenvalue weighted by atomic mass is 10.2. The zero-order valence-electron chi connectivity index (χ0n) is 16.8. The highest BCUT2D eigenvalue weighted by atomic mass is 32.2. The highest BCUT2D eigenvalue weighted by Crippen LogP contribution is 2.27. The summed E-state index contributed by atoms with van der Waals surface area (Å²) in [5.74, 6) is 1.04. The molecule has 3 aromatic rings. The van der Waals surface area contributed by atoms with Gasteiger partial charge in [-0.05, 0) is 44.5 Å². The number of rotatable bonds is 9. The van der Waals surface area contributed by atoms with Crippen LogP contribution >= 0.6 is 11.8 Å². The second kappa shape index (κ2) is 9.90. The first-order valence-electron chi connectivity index (χ1n) is 9.44. The van der Waals surface area contributed by atoms with Crippen molar-refractivity contribution in [3.05, 3.63) is 71.2 Å². The Morgan fingerprint density at radius 3 is 2.60 bits per heavy atom. The van der Waals surface area contributed by atoms with E-state index in [0.717, 1.165) is 17.0 Å². The fraction of sp³-hybridized carbons (Fsp3) is 0.286. The molecule has 1 amide bonds. The van der Waals surface area contributed by atoms with Crippen LogP contribution in [-0.4, -0.2) is 36.8 Å². The zero-order valence-corrected chi connectivity index (χ0v) is 18.4. The summed E-state index contributed by atoms with van der Waals surface area (Å²) in [5, 5.41) is 7.34. The fourth-order valence-electron chi connectivity index (χ4n) is 2.83. The number of aryl methyl sites for hydroxylation is 2. The molecule has 0 bridgehead atoms. The van der Waals surface area contributed by atoms with E-state index in [1.54, 1.807) is 48.7 Å². The highest BCUT2D eigenvalue weighted by Gasteiger charge is 2.17. The predicted molar refractivity (Wildman–Crippen MR) is 115 cm³/mol. The first-order valence-corrected chi connectivity index (χ1v) is 12.1. The number of aromatic nitrogens is 2. The summed E-state index contributed by atoms with van der Waals surface area (Å²) in [6, 6.07) is 11.7. The monoisotopic (exact) mass is 445 g/mol. The second-order valence-electron chi connectivity index (χ2n) is 6.69. The average Bonchev–Trinajstić information content (AvgIpc) is 3.07. The van der Waals surface area contributed by atoms with Gasteiger partial charge in [0.1, 0.15) is 10.8 Å². The number of hydrogen-bond donors (Lipinski definition) is 1. The Hall–Kier alpha value is -2.65. The van der Waals surface area contributed by atoms with Crippen LogP contribution in [0.4, 0.5) is 0 Å². The number of pyridine rings is 1. The molecule has 2 heterocycles. The largest absolute Gasteiger partial charge is 0.361 e. The second-order valence-corrected chi connectivity index (χ2v) is 9.76. The maximum atomic E-state index is 12.6. The molecule has 0 atom stereocenters. The van der Waals surface area contributed by atoms with Gasteiger partial charge in [0.15, 0.2) is 9.84 Å². The Labute approximate surface area is 180 Å². The van der Waals surface area contributed by atoms with E-state index in [2.05, 4.69) is 15.5 Å². The molecule has 0 unspecified atom stereocenters. The number of nitrogens with zero attached hydrogens (tertiary/aromatic N) is 2. The van der Waals surface area contributed by atoms with Gasteiger partial charge in [0, 0.05) is 24.1 Å². The van der Waals surface area contributed by atoms with Crippen LogP contribution < -0.4 is 5.32 Å². The minimum atomic E-state index is -3.36. The molecule has 0 spiro atoms. The number of benzene rings is 1. The average molecular weight is 446 g/mol. The van der Waals surface area contributed by atoms with Crippen LogP contribution in [0.2, 0.25) is 0 Å². The topological polar surface area (TPSA) is 102 Å². The Bertz CT molecular complexity index is 1090. The Morgan fingerprint density at radius 2 is 1.90 bits per heavy atom. The number of amides is 1. The summed E-state index contributed by atoms with van der Waals surface area (Å²) in [6.45, 7) is 3.99. The Kier molecular flexibility index (Phi) is 7.28. The molecule has 0 radical (unpaired) electrons. The molecule has 30 heavy (non-hydrogen) atoms. The van der Waals surface area contributed by atoms with Crippen LogP contribution in [0.1, 0.15) is 33.8 Å². The van der Waals surface area contributed by atoms with Gasteiger partial charge >= 0.3 is 0 Å². The standard InChI is InChI=1S/C21H23N3O4S2/c1-15-19(16(2)28-24-15)14-29-21-18(10-6-11-23-21)20(25)22-12-7-13-30(26,27)17-8-4-3-5-9-17/h3-6,8-11H,7,12-14H2,1-2H3,(H,22,25). The van der Waals surface area contributed by atoms with Crippen molar-refractivity contribution in [2.75, 3.05) is 12.3 Å². The van der Waals surface area contributed by atoms with E-state index >= 15 is 0 Å². The number of carbonyl (C=O) groups excluding carboxylic acids is 1. The number of thioether (sulfide) groups is 1. The summed E-state index contributed by atoms with van der Waals surface area (Å²) in [4.78, 5) is 17.2. The predicted octanol–water partition coefficient (Wildman–Crippen LogP) is 3.57. The molecule has 1 N–H and O–H groups in total. The molecule has 0 saturated heterocycles. The molecule has 0 aliphatic heterocycles. The minimum absolute atomic E-state index is 0.0298. The van der Waals surface area contributed by atoms with E-state index in [0.29, 0.717) is 27.7 Å². The molecular formula is C21H23N3O4S2. The van der Waals surface area contributed by atoms with E-state index in [9.17, 15) is 13.2 Å². The maximum absolute atomic E-state index is 12.6. The summed E-state index contributed by atoms with van der Waals surface area (Å²) < 4.78 is 29.8. The van der Waals surface area contributed by atoms with E-state index < -0.39 is 9.84 Å². The number of hydrogen-bond acceptors (Lipinski definition) is 7. The zero-order chi connectivity index (χ0) is 21.6. The molecule has 158 valence electrons. The highest BCUT2D eigenvalue weighted by molar-refractivity contribution is 7.98. The summed E-state index contributed by atoms with van der Waals surface area (Å²) >= 11 is 1.43. The van der Waals surface area contributed by atoms with Gasteiger partial charge in [0.05, 0.1) is 21.9 Å². The van der Waals surface area contributed by atoms with Gasteiger partial charge in [-0.15, -0.1) is 11.8 Å². The number of nitrogens with one attached hydrogen (secondary N) is 1. The van der Waals surface area contributed by atoms with Gasteiger partial charge < -0.3 is 9.84 Å². The lowest BCUT2D eigenvalue weighted by Gasteiger charge is -2.09. The van der Waals surface area contributed by atoms with Crippen LogP contribution in [-0.2, 0) is 15.6 Å². The van der Waals surface area contributed by atoms with Crippen LogP contribution in [0, 0.1) is 13.8 Å². The lowest BCUT2D eigenvalue weighted by molar-refractivity contribution is 0.0950. The Balaban J connectivity index is 1.56. The minimum Gasteiger partial charge on any atom is -0.361 e. The third-order valence-electron chi connectivity index (χ3n) is 4.53. The number of sulfone groups is 1. The lowest BCUT2D eigenvalue weighted by Crippen LogP contribution is -2.26. The van der Waals surface area contributed by atoms with E-state index in [1.807, 2.05) is 13.8 Å². The summed E-state index contributed by atoms with van der Waals surface area (Å²) in [5.41, 5.74) is 2.27. The van der Waals surface area contributed by atoms with Gasteiger partial charge in [-0.1, -0.05) is 23.4 Å². The van der Waals surface area contributed by atoms with Crippen molar-refractivity contribution in [1.29, 1.82) is 0 Å². The molecule has 0 fully saturated rings. The van der Waals surface area contributed by atoms with Crippen LogP contribution in [0.25, 0.3) is 0 Å². The number of carbonyl (C=O) groups is 1. The molecule has 7 nitrogen and oxygen atoms in total. The molecule has 9 heteroatoms. The van der Waals surface area contributed by atoms with Crippen molar-refractivity contribution in [2.45, 2.75) is 35.9 Å². The SMILES string of the molecule is Cc1noc(C)c1CSc1ncccc1C(=O)NCCCS(=O)(=O)c1ccccc1.